The van der Waals surface area contributed by atoms with E-state index >= 15 is 0 Å². The van der Waals surface area contributed by atoms with Crippen molar-refractivity contribution in [2.24, 2.45) is 5.92 Å². The van der Waals surface area contributed by atoms with Crippen LogP contribution in [0.2, 0.25) is 0 Å². The third-order valence-electron chi connectivity index (χ3n) is 3.60. The lowest BCUT2D eigenvalue weighted by Gasteiger charge is -2.22. The predicted octanol–water partition coefficient (Wildman–Crippen LogP) is 1.64. The zero-order valence-electron chi connectivity index (χ0n) is 9.85. The molecule has 2 N–H and O–H groups in total. The quantitative estimate of drug-likeness (QED) is 0.806. The smallest absolute Gasteiger partial charge is 0.306 e. The van der Waals surface area contributed by atoms with Gasteiger partial charge in [0.15, 0.2) is 0 Å². The van der Waals surface area contributed by atoms with Gasteiger partial charge in [0.2, 0.25) is 5.91 Å². The summed E-state index contributed by atoms with van der Waals surface area (Å²) >= 11 is 1.73. The molecule has 0 spiro atoms. The normalized spacial score (nSPS) is 33.3. The second kappa shape index (κ2) is 5.76. The van der Waals surface area contributed by atoms with Crippen LogP contribution in [0.1, 0.15) is 38.5 Å². The fraction of sp³-hybridized carbons (Fsp3) is 0.833. The minimum absolute atomic E-state index is 0.0751. The average molecular weight is 257 g/mol. The van der Waals surface area contributed by atoms with Crippen molar-refractivity contribution in [3.8, 4) is 0 Å². The molecule has 4 nitrogen and oxygen atoms in total. The van der Waals surface area contributed by atoms with Crippen LogP contribution in [0, 0.1) is 5.92 Å². The molecular weight excluding hydrogens is 238 g/mol. The van der Waals surface area contributed by atoms with E-state index in [-0.39, 0.29) is 23.1 Å². The van der Waals surface area contributed by atoms with Crippen molar-refractivity contribution < 1.29 is 14.7 Å². The van der Waals surface area contributed by atoms with Gasteiger partial charge in [0, 0.05) is 6.04 Å². The zero-order chi connectivity index (χ0) is 12.3. The number of aliphatic carboxylic acids is 1. The molecule has 17 heavy (non-hydrogen) atoms. The number of rotatable bonds is 3. The van der Waals surface area contributed by atoms with Crippen molar-refractivity contribution in [1.29, 1.82) is 0 Å². The van der Waals surface area contributed by atoms with Gasteiger partial charge in [-0.15, -0.1) is 11.8 Å². The molecule has 0 aromatic carbocycles. The number of thioether (sulfide) groups is 1. The monoisotopic (exact) mass is 257 g/mol. The van der Waals surface area contributed by atoms with Crippen LogP contribution in [-0.4, -0.2) is 34.0 Å². The molecular formula is C12H19NO3S. The average Bonchev–Trinajstić information content (AvgIpc) is 2.79. The molecule has 1 aliphatic carbocycles. The molecule has 0 radical (unpaired) electrons. The molecule has 3 unspecified atom stereocenters. The highest BCUT2D eigenvalue weighted by molar-refractivity contribution is 8.00. The fourth-order valence-electron chi connectivity index (χ4n) is 2.58. The van der Waals surface area contributed by atoms with Gasteiger partial charge >= 0.3 is 5.97 Å². The maximum absolute atomic E-state index is 12.0. The molecule has 1 amide bonds. The van der Waals surface area contributed by atoms with E-state index in [9.17, 15) is 9.59 Å². The van der Waals surface area contributed by atoms with Crippen LogP contribution in [-0.2, 0) is 9.59 Å². The Labute approximate surface area is 106 Å². The number of amides is 1. The highest BCUT2D eigenvalue weighted by Crippen LogP contribution is 2.28. The van der Waals surface area contributed by atoms with Crippen LogP contribution >= 0.6 is 11.8 Å². The minimum Gasteiger partial charge on any atom is -0.481 e. The van der Waals surface area contributed by atoms with Crippen LogP contribution < -0.4 is 5.32 Å². The van der Waals surface area contributed by atoms with Gasteiger partial charge in [-0.3, -0.25) is 9.59 Å². The van der Waals surface area contributed by atoms with E-state index in [1.165, 1.54) is 6.42 Å². The molecule has 1 aliphatic heterocycles. The van der Waals surface area contributed by atoms with Gasteiger partial charge in [0.25, 0.3) is 0 Å². The summed E-state index contributed by atoms with van der Waals surface area (Å²) in [5, 5.41) is 12.0. The number of hydrogen-bond donors (Lipinski definition) is 2. The number of carbonyl (C=O) groups is 2. The molecule has 2 aliphatic rings. The first-order valence-corrected chi connectivity index (χ1v) is 7.36. The van der Waals surface area contributed by atoms with Gasteiger partial charge in [-0.2, -0.15) is 0 Å². The predicted molar refractivity (Wildman–Crippen MR) is 67.0 cm³/mol. The first-order valence-electron chi connectivity index (χ1n) is 6.31. The molecule has 0 aromatic rings. The summed E-state index contributed by atoms with van der Waals surface area (Å²) in [4.78, 5) is 22.8. The van der Waals surface area contributed by atoms with Crippen molar-refractivity contribution in [3.63, 3.8) is 0 Å². The summed E-state index contributed by atoms with van der Waals surface area (Å²) in [5.41, 5.74) is 0. The van der Waals surface area contributed by atoms with Crippen LogP contribution in [0.4, 0.5) is 0 Å². The molecule has 1 heterocycles. The Kier molecular flexibility index (Phi) is 4.31. The second-order valence-electron chi connectivity index (χ2n) is 4.91. The lowest BCUT2D eigenvalue weighted by Crippen LogP contribution is -2.40. The van der Waals surface area contributed by atoms with Gasteiger partial charge in [-0.05, 0) is 37.9 Å². The van der Waals surface area contributed by atoms with Crippen molar-refractivity contribution in [2.75, 3.05) is 5.75 Å². The maximum Gasteiger partial charge on any atom is 0.306 e. The van der Waals surface area contributed by atoms with E-state index in [4.69, 9.17) is 5.11 Å². The second-order valence-corrected chi connectivity index (χ2v) is 6.22. The summed E-state index contributed by atoms with van der Waals surface area (Å²) in [7, 11) is 0. The van der Waals surface area contributed by atoms with Gasteiger partial charge in [-0.25, -0.2) is 0 Å². The van der Waals surface area contributed by atoms with Crippen molar-refractivity contribution in [1.82, 2.24) is 5.32 Å². The lowest BCUT2D eigenvalue weighted by molar-refractivity contribution is -0.141. The number of nitrogens with one attached hydrogen (secondary N) is 1. The summed E-state index contributed by atoms with van der Waals surface area (Å²) in [6.07, 6.45) is 5.40. The minimum atomic E-state index is -0.728. The number of carboxylic acid groups (broad SMARTS) is 1. The Morgan fingerprint density at radius 1 is 1.18 bits per heavy atom. The number of hydrogen-bond acceptors (Lipinski definition) is 3. The van der Waals surface area contributed by atoms with E-state index < -0.39 is 5.97 Å². The Morgan fingerprint density at radius 2 is 2.00 bits per heavy atom. The Hall–Kier alpha value is -0.710. The Bertz CT molecular complexity index is 302. The summed E-state index contributed by atoms with van der Waals surface area (Å²) in [6.45, 7) is 0. The summed E-state index contributed by atoms with van der Waals surface area (Å²) in [6, 6.07) is 0.0751. The van der Waals surface area contributed by atoms with Crippen molar-refractivity contribution in [2.45, 2.75) is 49.8 Å². The van der Waals surface area contributed by atoms with E-state index in [0.717, 1.165) is 25.0 Å². The molecule has 3 atom stereocenters. The summed E-state index contributed by atoms with van der Waals surface area (Å²) < 4.78 is 0. The van der Waals surface area contributed by atoms with Gasteiger partial charge in [-0.1, -0.05) is 6.42 Å². The van der Waals surface area contributed by atoms with Crippen LogP contribution in [0.25, 0.3) is 0 Å². The lowest BCUT2D eigenvalue weighted by atomic mass is 10.1. The molecule has 1 saturated heterocycles. The molecule has 0 aromatic heterocycles. The topological polar surface area (TPSA) is 66.4 Å². The summed E-state index contributed by atoms with van der Waals surface area (Å²) in [5.74, 6) is 0.194. The van der Waals surface area contributed by atoms with Crippen LogP contribution in [0.15, 0.2) is 0 Å². The van der Waals surface area contributed by atoms with E-state index in [1.54, 1.807) is 11.8 Å². The third kappa shape index (κ3) is 3.37. The Morgan fingerprint density at radius 3 is 2.59 bits per heavy atom. The Balaban J connectivity index is 1.77. The number of carboxylic acids is 1. The third-order valence-corrected chi connectivity index (χ3v) is 4.98. The maximum atomic E-state index is 12.0. The highest BCUT2D eigenvalue weighted by Gasteiger charge is 2.32. The fourth-order valence-corrected chi connectivity index (χ4v) is 3.79. The molecule has 5 heteroatoms. The van der Waals surface area contributed by atoms with Gasteiger partial charge in [0.05, 0.1) is 11.2 Å². The highest BCUT2D eigenvalue weighted by atomic mass is 32.2. The largest absolute Gasteiger partial charge is 0.481 e. The first-order chi connectivity index (χ1) is 8.16. The number of carbonyl (C=O) groups excluding carboxylic acids is 1. The van der Waals surface area contributed by atoms with Crippen LogP contribution in [0.3, 0.4) is 0 Å². The SMILES string of the molecule is O=C(O)C1CCC(NC(=O)C2CCCCS2)C1. The molecule has 0 bridgehead atoms. The zero-order valence-corrected chi connectivity index (χ0v) is 10.7. The van der Waals surface area contributed by atoms with E-state index in [0.29, 0.717) is 12.8 Å². The molecule has 2 fully saturated rings. The molecule has 1 saturated carbocycles. The first kappa shape index (κ1) is 12.7. The van der Waals surface area contributed by atoms with Crippen molar-refractivity contribution >= 4 is 23.6 Å². The van der Waals surface area contributed by atoms with Crippen LogP contribution in [0.5, 0.6) is 0 Å². The van der Waals surface area contributed by atoms with E-state index in [2.05, 4.69) is 5.32 Å². The molecule has 96 valence electrons. The van der Waals surface area contributed by atoms with Gasteiger partial charge in [0.1, 0.15) is 0 Å². The van der Waals surface area contributed by atoms with E-state index in [1.807, 2.05) is 0 Å². The molecule has 2 rings (SSSR count). The standard InChI is InChI=1S/C12H19NO3S/c14-11(10-3-1-2-6-17-10)13-9-5-4-8(7-9)12(15)16/h8-10H,1-7H2,(H,13,14)(H,15,16). The van der Waals surface area contributed by atoms with Gasteiger partial charge < -0.3 is 10.4 Å². The van der Waals surface area contributed by atoms with Crippen molar-refractivity contribution in [3.05, 3.63) is 0 Å².